The number of halogens is 1. The molecule has 2 saturated heterocycles. The lowest BCUT2D eigenvalue weighted by atomic mass is 10.1. The fourth-order valence-electron chi connectivity index (χ4n) is 2.62. The highest BCUT2D eigenvalue weighted by atomic mass is 35.5. The van der Waals surface area contributed by atoms with Crippen LogP contribution in [-0.2, 0) is 4.79 Å². The number of amides is 1. The van der Waals surface area contributed by atoms with Crippen molar-refractivity contribution < 1.29 is 4.79 Å². The highest BCUT2D eigenvalue weighted by Crippen LogP contribution is 2.18. The van der Waals surface area contributed by atoms with E-state index < -0.39 is 0 Å². The summed E-state index contributed by atoms with van der Waals surface area (Å²) in [6, 6.07) is 0. The quantitative estimate of drug-likeness (QED) is 0.701. The molecule has 1 atom stereocenters. The lowest BCUT2D eigenvalue weighted by molar-refractivity contribution is -0.127. The Morgan fingerprint density at radius 3 is 2.56 bits per heavy atom. The van der Waals surface area contributed by atoms with Crippen molar-refractivity contribution in [2.45, 2.75) is 25.7 Å². The Kier molecular flexibility index (Phi) is 4.47. The average molecular weight is 245 g/mol. The summed E-state index contributed by atoms with van der Waals surface area (Å²) >= 11 is 5.80. The molecular formula is C12H21ClN2O. The maximum Gasteiger partial charge on any atom is 0.223 e. The standard InChI is InChI=1S/C12H21ClN2O/c13-9-11-8-12(16)15(10-11)7-6-14-4-2-1-3-5-14/h11H,1-10H2. The van der Waals surface area contributed by atoms with Gasteiger partial charge in [-0.15, -0.1) is 11.6 Å². The smallest absolute Gasteiger partial charge is 0.223 e. The molecule has 0 bridgehead atoms. The maximum atomic E-state index is 11.7. The highest BCUT2D eigenvalue weighted by Gasteiger charge is 2.28. The molecular weight excluding hydrogens is 224 g/mol. The van der Waals surface area contributed by atoms with E-state index in [1.807, 2.05) is 4.90 Å². The SMILES string of the molecule is O=C1CC(CCl)CN1CCN1CCCCC1. The van der Waals surface area contributed by atoms with E-state index in [4.69, 9.17) is 11.6 Å². The second-order valence-corrected chi connectivity index (χ2v) is 5.28. The van der Waals surface area contributed by atoms with Gasteiger partial charge in [-0.05, 0) is 31.8 Å². The maximum absolute atomic E-state index is 11.7. The molecule has 2 fully saturated rings. The summed E-state index contributed by atoms with van der Waals surface area (Å²) in [4.78, 5) is 16.1. The van der Waals surface area contributed by atoms with Crippen molar-refractivity contribution in [3.05, 3.63) is 0 Å². The number of carbonyl (C=O) groups excluding carboxylic acids is 1. The van der Waals surface area contributed by atoms with Crippen LogP contribution in [0.4, 0.5) is 0 Å². The number of nitrogens with zero attached hydrogens (tertiary/aromatic N) is 2. The van der Waals surface area contributed by atoms with E-state index in [9.17, 15) is 4.79 Å². The van der Waals surface area contributed by atoms with E-state index in [0.717, 1.165) is 19.6 Å². The summed E-state index contributed by atoms with van der Waals surface area (Å²) in [6.45, 7) is 5.23. The Balaban J connectivity index is 1.71. The molecule has 2 aliphatic heterocycles. The van der Waals surface area contributed by atoms with E-state index in [1.54, 1.807) is 0 Å². The van der Waals surface area contributed by atoms with Crippen molar-refractivity contribution in [3.8, 4) is 0 Å². The predicted octanol–water partition coefficient (Wildman–Crippen LogP) is 1.56. The molecule has 1 amide bonds. The topological polar surface area (TPSA) is 23.6 Å². The van der Waals surface area contributed by atoms with E-state index >= 15 is 0 Å². The predicted molar refractivity (Wildman–Crippen MR) is 65.7 cm³/mol. The molecule has 0 aromatic heterocycles. The average Bonchev–Trinajstić information content (AvgIpc) is 2.69. The second-order valence-electron chi connectivity index (χ2n) is 4.97. The van der Waals surface area contributed by atoms with Gasteiger partial charge in [-0.2, -0.15) is 0 Å². The lowest BCUT2D eigenvalue weighted by Gasteiger charge is -2.28. The number of likely N-dealkylation sites (tertiary alicyclic amines) is 2. The van der Waals surface area contributed by atoms with Crippen LogP contribution >= 0.6 is 11.6 Å². The Bertz CT molecular complexity index is 241. The molecule has 0 spiro atoms. The third-order valence-electron chi connectivity index (χ3n) is 3.65. The molecule has 0 radical (unpaired) electrons. The largest absolute Gasteiger partial charge is 0.341 e. The van der Waals surface area contributed by atoms with E-state index in [0.29, 0.717) is 24.1 Å². The summed E-state index contributed by atoms with van der Waals surface area (Å²) in [5.41, 5.74) is 0. The van der Waals surface area contributed by atoms with Crippen LogP contribution in [-0.4, -0.2) is 54.3 Å². The number of hydrogen-bond acceptors (Lipinski definition) is 2. The first-order valence-corrected chi connectivity index (χ1v) is 6.89. The Hall–Kier alpha value is -0.280. The Morgan fingerprint density at radius 2 is 1.94 bits per heavy atom. The normalized spacial score (nSPS) is 27.7. The minimum atomic E-state index is 0.294. The van der Waals surface area contributed by atoms with Gasteiger partial charge in [0.2, 0.25) is 5.91 Å². The van der Waals surface area contributed by atoms with Crippen molar-refractivity contribution in [1.29, 1.82) is 0 Å². The van der Waals surface area contributed by atoms with Crippen molar-refractivity contribution in [2.24, 2.45) is 5.92 Å². The van der Waals surface area contributed by atoms with E-state index in [1.165, 1.54) is 32.4 Å². The number of piperidine rings is 1. The van der Waals surface area contributed by atoms with Crippen LogP contribution < -0.4 is 0 Å². The van der Waals surface area contributed by atoms with Gasteiger partial charge in [0.25, 0.3) is 0 Å². The van der Waals surface area contributed by atoms with Crippen LogP contribution in [0.25, 0.3) is 0 Å². The molecule has 2 rings (SSSR count). The van der Waals surface area contributed by atoms with Crippen LogP contribution in [0, 0.1) is 5.92 Å². The Morgan fingerprint density at radius 1 is 1.19 bits per heavy atom. The molecule has 16 heavy (non-hydrogen) atoms. The summed E-state index contributed by atoms with van der Waals surface area (Å²) in [5, 5.41) is 0. The zero-order valence-electron chi connectivity index (χ0n) is 9.83. The molecule has 2 aliphatic rings. The second kappa shape index (κ2) is 5.87. The molecule has 2 heterocycles. The van der Waals surface area contributed by atoms with Gasteiger partial charge >= 0.3 is 0 Å². The first-order chi connectivity index (χ1) is 7.79. The van der Waals surface area contributed by atoms with Gasteiger partial charge in [-0.1, -0.05) is 6.42 Å². The fourth-order valence-corrected chi connectivity index (χ4v) is 2.83. The van der Waals surface area contributed by atoms with E-state index in [-0.39, 0.29) is 0 Å². The summed E-state index contributed by atoms with van der Waals surface area (Å²) in [5.74, 6) is 1.30. The van der Waals surface area contributed by atoms with Crippen LogP contribution in [0.2, 0.25) is 0 Å². The van der Waals surface area contributed by atoms with Gasteiger partial charge in [0.15, 0.2) is 0 Å². The zero-order chi connectivity index (χ0) is 11.4. The van der Waals surface area contributed by atoms with Crippen LogP contribution in [0.15, 0.2) is 0 Å². The lowest BCUT2D eigenvalue weighted by Crippen LogP contribution is -2.38. The number of carbonyl (C=O) groups is 1. The zero-order valence-corrected chi connectivity index (χ0v) is 10.6. The molecule has 0 N–H and O–H groups in total. The van der Waals surface area contributed by atoms with Crippen LogP contribution in [0.5, 0.6) is 0 Å². The van der Waals surface area contributed by atoms with E-state index in [2.05, 4.69) is 4.90 Å². The molecule has 0 aliphatic carbocycles. The highest BCUT2D eigenvalue weighted by molar-refractivity contribution is 6.18. The summed E-state index contributed by atoms with van der Waals surface area (Å²) < 4.78 is 0. The number of alkyl halides is 1. The van der Waals surface area contributed by atoms with Gasteiger partial charge in [0.05, 0.1) is 0 Å². The van der Waals surface area contributed by atoms with Crippen molar-refractivity contribution in [3.63, 3.8) is 0 Å². The molecule has 4 heteroatoms. The van der Waals surface area contributed by atoms with Crippen molar-refractivity contribution >= 4 is 17.5 Å². The summed E-state index contributed by atoms with van der Waals surface area (Å²) in [6.07, 6.45) is 4.66. The summed E-state index contributed by atoms with van der Waals surface area (Å²) in [7, 11) is 0. The monoisotopic (exact) mass is 244 g/mol. The molecule has 92 valence electrons. The van der Waals surface area contributed by atoms with Gasteiger partial charge in [-0.25, -0.2) is 0 Å². The minimum Gasteiger partial charge on any atom is -0.341 e. The fraction of sp³-hybridized carbons (Fsp3) is 0.917. The Labute approximate surface area is 103 Å². The first-order valence-electron chi connectivity index (χ1n) is 6.35. The molecule has 3 nitrogen and oxygen atoms in total. The van der Waals surface area contributed by atoms with Crippen LogP contribution in [0.3, 0.4) is 0 Å². The van der Waals surface area contributed by atoms with Gasteiger partial charge in [0, 0.05) is 31.9 Å². The molecule has 0 saturated carbocycles. The van der Waals surface area contributed by atoms with Crippen LogP contribution in [0.1, 0.15) is 25.7 Å². The van der Waals surface area contributed by atoms with Crippen molar-refractivity contribution in [1.82, 2.24) is 9.80 Å². The third kappa shape index (κ3) is 3.11. The van der Waals surface area contributed by atoms with Crippen molar-refractivity contribution in [2.75, 3.05) is 38.6 Å². The molecule has 1 unspecified atom stereocenters. The molecule has 0 aromatic rings. The van der Waals surface area contributed by atoms with Gasteiger partial charge in [0.1, 0.15) is 0 Å². The van der Waals surface area contributed by atoms with Gasteiger partial charge in [-0.3, -0.25) is 4.79 Å². The number of rotatable bonds is 4. The molecule has 0 aromatic carbocycles. The third-order valence-corrected chi connectivity index (χ3v) is 4.08. The minimum absolute atomic E-state index is 0.294. The first kappa shape index (κ1) is 12.2. The van der Waals surface area contributed by atoms with Gasteiger partial charge < -0.3 is 9.80 Å². The number of hydrogen-bond donors (Lipinski definition) is 0.